The van der Waals surface area contributed by atoms with E-state index in [4.69, 9.17) is 5.26 Å². The third kappa shape index (κ3) is 4.71. The number of carbonyl (C=O) groups excluding carboxylic acids is 2. The van der Waals surface area contributed by atoms with E-state index in [1.807, 2.05) is 0 Å². The lowest BCUT2D eigenvalue weighted by Crippen LogP contribution is -2.45. The van der Waals surface area contributed by atoms with Gasteiger partial charge in [0, 0.05) is 12.6 Å². The highest BCUT2D eigenvalue weighted by Gasteiger charge is 2.28. The van der Waals surface area contributed by atoms with Crippen LogP contribution in [0.5, 0.6) is 0 Å². The summed E-state index contributed by atoms with van der Waals surface area (Å²) in [5.74, 6) is -0.141. The van der Waals surface area contributed by atoms with Crippen molar-refractivity contribution in [1.82, 2.24) is 15.5 Å². The van der Waals surface area contributed by atoms with Crippen LogP contribution in [0.3, 0.4) is 0 Å². The summed E-state index contributed by atoms with van der Waals surface area (Å²) < 4.78 is 0. The fourth-order valence-electron chi connectivity index (χ4n) is 3.11. The molecule has 1 saturated heterocycles. The van der Waals surface area contributed by atoms with Crippen LogP contribution in [0.15, 0.2) is 0 Å². The predicted molar refractivity (Wildman–Crippen MR) is 78.2 cm³/mol. The third-order valence-corrected chi connectivity index (χ3v) is 4.25. The van der Waals surface area contributed by atoms with Crippen molar-refractivity contribution in [2.24, 2.45) is 0 Å². The normalized spacial score (nSPS) is 22.8. The highest BCUT2D eigenvalue weighted by molar-refractivity contribution is 5.81. The van der Waals surface area contributed by atoms with Crippen molar-refractivity contribution in [2.45, 2.75) is 57.0 Å². The number of nitriles is 1. The maximum absolute atomic E-state index is 12.0. The monoisotopic (exact) mass is 292 g/mol. The number of hydrogen-bond acceptors (Lipinski definition) is 4. The second-order valence-corrected chi connectivity index (χ2v) is 5.88. The van der Waals surface area contributed by atoms with Gasteiger partial charge in [0.25, 0.3) is 0 Å². The van der Waals surface area contributed by atoms with E-state index in [0.717, 1.165) is 25.7 Å². The average Bonchev–Trinajstić information content (AvgIpc) is 2.96. The van der Waals surface area contributed by atoms with E-state index >= 15 is 0 Å². The number of amides is 2. The van der Waals surface area contributed by atoms with Crippen molar-refractivity contribution in [3.63, 3.8) is 0 Å². The van der Waals surface area contributed by atoms with E-state index in [1.54, 1.807) is 4.90 Å². The molecule has 21 heavy (non-hydrogen) atoms. The number of hydrogen-bond donors (Lipinski definition) is 2. The fourth-order valence-corrected chi connectivity index (χ4v) is 3.11. The minimum atomic E-state index is -0.296. The molecule has 1 saturated carbocycles. The Morgan fingerprint density at radius 2 is 1.86 bits per heavy atom. The minimum Gasteiger partial charge on any atom is -0.352 e. The molecule has 0 radical (unpaired) electrons. The zero-order valence-corrected chi connectivity index (χ0v) is 12.4. The van der Waals surface area contributed by atoms with Gasteiger partial charge in [-0.2, -0.15) is 5.26 Å². The summed E-state index contributed by atoms with van der Waals surface area (Å²) in [5.41, 5.74) is 0. The van der Waals surface area contributed by atoms with E-state index in [1.165, 1.54) is 19.3 Å². The molecular weight excluding hydrogens is 268 g/mol. The van der Waals surface area contributed by atoms with Gasteiger partial charge in [0.05, 0.1) is 19.2 Å². The van der Waals surface area contributed by atoms with Crippen LogP contribution in [-0.4, -0.2) is 48.4 Å². The highest BCUT2D eigenvalue weighted by atomic mass is 16.2. The van der Waals surface area contributed by atoms with Gasteiger partial charge in [-0.05, 0) is 25.7 Å². The van der Waals surface area contributed by atoms with Crippen LogP contribution in [0.2, 0.25) is 0 Å². The van der Waals surface area contributed by atoms with Crippen molar-refractivity contribution in [1.29, 1.82) is 5.26 Å². The summed E-state index contributed by atoms with van der Waals surface area (Å²) in [6, 6.07) is 2.15. The van der Waals surface area contributed by atoms with Crippen LogP contribution in [0.4, 0.5) is 0 Å². The molecule has 0 aromatic rings. The van der Waals surface area contributed by atoms with Crippen molar-refractivity contribution in [3.8, 4) is 6.07 Å². The molecule has 2 N–H and O–H groups in total. The second kappa shape index (κ2) is 7.99. The number of carbonyl (C=O) groups is 2. The van der Waals surface area contributed by atoms with Gasteiger partial charge in [-0.25, -0.2) is 0 Å². The number of nitrogens with zero attached hydrogens (tertiary/aromatic N) is 2. The van der Waals surface area contributed by atoms with Gasteiger partial charge in [-0.15, -0.1) is 0 Å². The molecule has 116 valence electrons. The molecule has 6 heteroatoms. The smallest absolute Gasteiger partial charge is 0.237 e. The average molecular weight is 292 g/mol. The standard InChI is InChI=1S/C15H24N4O2/c16-9-13-7-4-8-19(13)15(21)11-17-10-14(20)18-12-5-2-1-3-6-12/h12-13,17H,1-8,10-11H2,(H,18,20)/t13-/m0/s1. The summed E-state index contributed by atoms with van der Waals surface area (Å²) in [6.45, 7) is 0.927. The Morgan fingerprint density at radius 1 is 1.10 bits per heavy atom. The van der Waals surface area contributed by atoms with Crippen LogP contribution >= 0.6 is 0 Å². The maximum Gasteiger partial charge on any atom is 0.237 e. The molecular formula is C15H24N4O2. The molecule has 6 nitrogen and oxygen atoms in total. The molecule has 0 bridgehead atoms. The van der Waals surface area contributed by atoms with E-state index < -0.39 is 0 Å². The summed E-state index contributed by atoms with van der Waals surface area (Å²) in [5, 5.41) is 14.8. The number of nitrogens with one attached hydrogen (secondary N) is 2. The Labute approximate surface area is 125 Å². The van der Waals surface area contributed by atoms with Gasteiger partial charge < -0.3 is 10.2 Å². The lowest BCUT2D eigenvalue weighted by molar-refractivity contribution is -0.130. The van der Waals surface area contributed by atoms with Gasteiger partial charge in [0.15, 0.2) is 0 Å². The largest absolute Gasteiger partial charge is 0.352 e. The Hall–Kier alpha value is -1.61. The predicted octanol–water partition coefficient (Wildman–Crippen LogP) is 0.539. The topological polar surface area (TPSA) is 85.2 Å². The van der Waals surface area contributed by atoms with Crippen molar-refractivity contribution in [2.75, 3.05) is 19.6 Å². The minimum absolute atomic E-state index is 0.0482. The van der Waals surface area contributed by atoms with Gasteiger partial charge in [-0.3, -0.25) is 14.9 Å². The van der Waals surface area contributed by atoms with Gasteiger partial charge in [0.1, 0.15) is 6.04 Å². The van der Waals surface area contributed by atoms with Crippen LogP contribution in [-0.2, 0) is 9.59 Å². The zero-order valence-electron chi connectivity index (χ0n) is 12.4. The molecule has 0 aromatic heterocycles. The van der Waals surface area contributed by atoms with Gasteiger partial charge >= 0.3 is 0 Å². The van der Waals surface area contributed by atoms with E-state index in [9.17, 15) is 9.59 Å². The molecule has 1 aliphatic carbocycles. The van der Waals surface area contributed by atoms with E-state index in [-0.39, 0.29) is 30.9 Å². The Kier molecular flexibility index (Phi) is 6.00. The lowest BCUT2D eigenvalue weighted by Gasteiger charge is -2.23. The van der Waals surface area contributed by atoms with Crippen LogP contribution < -0.4 is 10.6 Å². The molecule has 1 aliphatic heterocycles. The van der Waals surface area contributed by atoms with Crippen molar-refractivity contribution < 1.29 is 9.59 Å². The maximum atomic E-state index is 12.0. The van der Waals surface area contributed by atoms with E-state index in [0.29, 0.717) is 12.6 Å². The molecule has 2 fully saturated rings. The lowest BCUT2D eigenvalue weighted by atomic mass is 9.95. The first kappa shape index (κ1) is 15.8. The first-order valence-corrected chi connectivity index (χ1v) is 7.90. The molecule has 2 aliphatic rings. The highest BCUT2D eigenvalue weighted by Crippen LogP contribution is 2.17. The molecule has 2 amide bonds. The Morgan fingerprint density at radius 3 is 2.57 bits per heavy atom. The van der Waals surface area contributed by atoms with Crippen LogP contribution in [0, 0.1) is 11.3 Å². The summed E-state index contributed by atoms with van der Waals surface area (Å²) in [7, 11) is 0. The Balaban J connectivity index is 1.63. The zero-order chi connectivity index (χ0) is 15.1. The van der Waals surface area contributed by atoms with Crippen LogP contribution in [0.1, 0.15) is 44.9 Å². The molecule has 2 rings (SSSR count). The van der Waals surface area contributed by atoms with Crippen molar-refractivity contribution >= 4 is 11.8 Å². The van der Waals surface area contributed by atoms with Gasteiger partial charge in [-0.1, -0.05) is 19.3 Å². The summed E-state index contributed by atoms with van der Waals surface area (Å²) >= 11 is 0. The number of rotatable bonds is 5. The van der Waals surface area contributed by atoms with Crippen LogP contribution in [0.25, 0.3) is 0 Å². The second-order valence-electron chi connectivity index (χ2n) is 5.88. The Bertz CT molecular complexity index is 412. The fraction of sp³-hybridized carbons (Fsp3) is 0.800. The first-order chi connectivity index (χ1) is 10.2. The third-order valence-electron chi connectivity index (χ3n) is 4.25. The SMILES string of the molecule is N#C[C@@H]1CCCN1C(=O)CNCC(=O)NC1CCCCC1. The summed E-state index contributed by atoms with van der Waals surface area (Å²) in [6.07, 6.45) is 7.37. The quantitative estimate of drug-likeness (QED) is 0.774. The molecule has 0 spiro atoms. The number of likely N-dealkylation sites (tertiary alicyclic amines) is 1. The van der Waals surface area contributed by atoms with Gasteiger partial charge in [0.2, 0.25) is 11.8 Å². The first-order valence-electron chi connectivity index (χ1n) is 7.90. The molecule has 1 atom stereocenters. The van der Waals surface area contributed by atoms with E-state index in [2.05, 4.69) is 16.7 Å². The molecule has 0 aromatic carbocycles. The summed E-state index contributed by atoms with van der Waals surface area (Å²) in [4.78, 5) is 25.4. The molecule has 1 heterocycles. The molecule has 0 unspecified atom stereocenters. The van der Waals surface area contributed by atoms with Crippen molar-refractivity contribution in [3.05, 3.63) is 0 Å².